The minimum absolute atomic E-state index is 0.157. The smallest absolute Gasteiger partial charge is 0.250 e. The Labute approximate surface area is 192 Å². The summed E-state index contributed by atoms with van der Waals surface area (Å²) >= 11 is 11.8. The van der Waals surface area contributed by atoms with Crippen LogP contribution in [-0.2, 0) is 9.59 Å². The molecule has 0 aromatic heterocycles. The fourth-order valence-electron chi connectivity index (χ4n) is 3.38. The predicted molar refractivity (Wildman–Crippen MR) is 130 cm³/mol. The first-order valence-corrected chi connectivity index (χ1v) is 10.9. The molecule has 0 unspecified atom stereocenters. The molecule has 1 saturated heterocycles. The minimum atomic E-state index is -0.323. The summed E-state index contributed by atoms with van der Waals surface area (Å²) in [6, 6.07) is 15.0. The van der Waals surface area contributed by atoms with Gasteiger partial charge in [0.15, 0.2) is 5.11 Å². The third kappa shape index (κ3) is 6.29. The molecule has 2 aromatic carbocycles. The molecular formula is C23H25ClN4O2S. The molecule has 31 heavy (non-hydrogen) atoms. The van der Waals surface area contributed by atoms with Crippen LogP contribution in [0, 0.1) is 0 Å². The van der Waals surface area contributed by atoms with E-state index < -0.39 is 0 Å². The SMILES string of the molecule is CCC(=O)N1CCN(c2c(Cl)cccc2NC(=S)NC(=O)/C=C/c2ccccc2)CC1. The second-order valence-corrected chi connectivity index (χ2v) is 7.86. The van der Waals surface area contributed by atoms with Gasteiger partial charge in [-0.05, 0) is 36.0 Å². The molecule has 2 N–H and O–H groups in total. The number of para-hydroxylation sites is 1. The van der Waals surface area contributed by atoms with E-state index in [0.29, 0.717) is 43.3 Å². The van der Waals surface area contributed by atoms with E-state index in [4.69, 9.17) is 23.8 Å². The first kappa shape index (κ1) is 22.8. The van der Waals surface area contributed by atoms with Crippen LogP contribution in [0.15, 0.2) is 54.6 Å². The number of amides is 2. The van der Waals surface area contributed by atoms with Gasteiger partial charge in [-0.3, -0.25) is 14.9 Å². The molecule has 0 aliphatic carbocycles. The number of nitrogens with one attached hydrogen (secondary N) is 2. The summed E-state index contributed by atoms with van der Waals surface area (Å²) in [6.07, 6.45) is 3.66. The first-order valence-electron chi connectivity index (χ1n) is 10.1. The number of anilines is 2. The number of hydrogen-bond acceptors (Lipinski definition) is 4. The quantitative estimate of drug-likeness (QED) is 0.527. The lowest BCUT2D eigenvalue weighted by molar-refractivity contribution is -0.131. The zero-order valence-electron chi connectivity index (χ0n) is 17.3. The molecule has 1 fully saturated rings. The van der Waals surface area contributed by atoms with Crippen molar-refractivity contribution in [2.75, 3.05) is 36.4 Å². The Hall–Kier alpha value is -2.90. The molecule has 0 atom stereocenters. The number of rotatable bonds is 5. The van der Waals surface area contributed by atoms with Gasteiger partial charge in [0.1, 0.15) is 0 Å². The lowest BCUT2D eigenvalue weighted by Crippen LogP contribution is -2.49. The van der Waals surface area contributed by atoms with Crippen LogP contribution in [0.1, 0.15) is 18.9 Å². The van der Waals surface area contributed by atoms with Gasteiger partial charge >= 0.3 is 0 Å². The summed E-state index contributed by atoms with van der Waals surface area (Å²) < 4.78 is 0. The monoisotopic (exact) mass is 456 g/mol. The Kier molecular flexibility index (Phi) is 8.03. The van der Waals surface area contributed by atoms with E-state index in [0.717, 1.165) is 11.3 Å². The van der Waals surface area contributed by atoms with E-state index in [1.54, 1.807) is 6.08 Å². The molecule has 1 aliphatic heterocycles. The molecular weight excluding hydrogens is 432 g/mol. The van der Waals surface area contributed by atoms with Crippen LogP contribution in [-0.4, -0.2) is 48.0 Å². The maximum atomic E-state index is 12.2. The number of benzene rings is 2. The lowest BCUT2D eigenvalue weighted by atomic mass is 10.2. The van der Waals surface area contributed by atoms with E-state index in [2.05, 4.69) is 15.5 Å². The molecule has 1 aliphatic rings. The highest BCUT2D eigenvalue weighted by Gasteiger charge is 2.23. The maximum absolute atomic E-state index is 12.2. The van der Waals surface area contributed by atoms with Crippen LogP contribution in [0.5, 0.6) is 0 Å². The van der Waals surface area contributed by atoms with Crippen LogP contribution in [0.2, 0.25) is 5.02 Å². The summed E-state index contributed by atoms with van der Waals surface area (Å²) in [7, 11) is 0. The fraction of sp³-hybridized carbons (Fsp3) is 0.261. The molecule has 0 spiro atoms. The van der Waals surface area contributed by atoms with E-state index >= 15 is 0 Å². The number of thiocarbonyl (C=S) groups is 1. The van der Waals surface area contributed by atoms with Gasteiger partial charge in [0.05, 0.1) is 16.4 Å². The van der Waals surface area contributed by atoms with Crippen molar-refractivity contribution >= 4 is 58.2 Å². The van der Waals surface area contributed by atoms with Crippen molar-refractivity contribution in [2.45, 2.75) is 13.3 Å². The van der Waals surface area contributed by atoms with Gasteiger partial charge in [-0.2, -0.15) is 0 Å². The third-order valence-corrected chi connectivity index (χ3v) is 5.46. The largest absolute Gasteiger partial charge is 0.365 e. The second-order valence-electron chi connectivity index (χ2n) is 7.04. The topological polar surface area (TPSA) is 64.7 Å². The highest BCUT2D eigenvalue weighted by Crippen LogP contribution is 2.34. The number of hydrogen-bond donors (Lipinski definition) is 2. The van der Waals surface area contributed by atoms with Crippen LogP contribution < -0.4 is 15.5 Å². The van der Waals surface area contributed by atoms with Crippen molar-refractivity contribution in [2.24, 2.45) is 0 Å². The molecule has 6 nitrogen and oxygen atoms in total. The number of carbonyl (C=O) groups is 2. The molecule has 0 bridgehead atoms. The van der Waals surface area contributed by atoms with Crippen molar-refractivity contribution in [3.8, 4) is 0 Å². The van der Waals surface area contributed by atoms with Crippen LogP contribution in [0.3, 0.4) is 0 Å². The van der Waals surface area contributed by atoms with Crippen LogP contribution in [0.25, 0.3) is 6.08 Å². The number of piperazine rings is 1. The van der Waals surface area contributed by atoms with Crippen molar-refractivity contribution < 1.29 is 9.59 Å². The van der Waals surface area contributed by atoms with Crippen LogP contribution in [0.4, 0.5) is 11.4 Å². The molecule has 8 heteroatoms. The Morgan fingerprint density at radius 3 is 2.45 bits per heavy atom. The molecule has 2 amide bonds. The summed E-state index contributed by atoms with van der Waals surface area (Å²) in [5.41, 5.74) is 2.44. The van der Waals surface area contributed by atoms with Gasteiger partial charge in [0.2, 0.25) is 11.8 Å². The maximum Gasteiger partial charge on any atom is 0.250 e. The number of carbonyl (C=O) groups excluding carboxylic acids is 2. The molecule has 162 valence electrons. The Morgan fingerprint density at radius 2 is 1.77 bits per heavy atom. The summed E-state index contributed by atoms with van der Waals surface area (Å²) in [6.45, 7) is 4.49. The van der Waals surface area contributed by atoms with Crippen molar-refractivity contribution in [3.63, 3.8) is 0 Å². The fourth-order valence-corrected chi connectivity index (χ4v) is 3.89. The van der Waals surface area contributed by atoms with Gasteiger partial charge in [-0.25, -0.2) is 0 Å². The Bertz CT molecular complexity index is 973. The average molecular weight is 457 g/mol. The molecule has 1 heterocycles. The Morgan fingerprint density at radius 1 is 1.06 bits per heavy atom. The summed E-state index contributed by atoms with van der Waals surface area (Å²) in [5.74, 6) is -0.166. The Balaban J connectivity index is 1.63. The van der Waals surface area contributed by atoms with Crippen LogP contribution >= 0.6 is 23.8 Å². The molecule has 0 saturated carbocycles. The van der Waals surface area contributed by atoms with E-state index in [1.807, 2.05) is 60.4 Å². The zero-order chi connectivity index (χ0) is 22.2. The van der Waals surface area contributed by atoms with Crippen molar-refractivity contribution in [1.82, 2.24) is 10.2 Å². The minimum Gasteiger partial charge on any atom is -0.365 e. The van der Waals surface area contributed by atoms with Gasteiger partial charge in [-0.15, -0.1) is 0 Å². The van der Waals surface area contributed by atoms with E-state index in [9.17, 15) is 9.59 Å². The van der Waals surface area contributed by atoms with Crippen molar-refractivity contribution in [1.29, 1.82) is 0 Å². The van der Waals surface area contributed by atoms with Crippen molar-refractivity contribution in [3.05, 3.63) is 65.2 Å². The van der Waals surface area contributed by atoms with Gasteiger partial charge < -0.3 is 15.1 Å². The average Bonchev–Trinajstić information content (AvgIpc) is 2.78. The van der Waals surface area contributed by atoms with E-state index in [-0.39, 0.29) is 16.9 Å². The number of nitrogens with zero attached hydrogens (tertiary/aromatic N) is 2. The predicted octanol–water partition coefficient (Wildman–Crippen LogP) is 3.93. The summed E-state index contributed by atoms with van der Waals surface area (Å²) in [5, 5.41) is 6.51. The first-order chi connectivity index (χ1) is 15.0. The van der Waals surface area contributed by atoms with Gasteiger partial charge in [0.25, 0.3) is 0 Å². The highest BCUT2D eigenvalue weighted by atomic mass is 35.5. The van der Waals surface area contributed by atoms with Gasteiger partial charge in [0, 0.05) is 38.7 Å². The molecule has 3 rings (SSSR count). The normalized spacial score (nSPS) is 13.9. The number of halogens is 1. The molecule has 0 radical (unpaired) electrons. The van der Waals surface area contributed by atoms with Gasteiger partial charge in [-0.1, -0.05) is 54.9 Å². The highest BCUT2D eigenvalue weighted by molar-refractivity contribution is 7.80. The standard InChI is InChI=1S/C23H25ClN4O2S/c1-2-21(30)27-13-15-28(16-14-27)22-18(24)9-6-10-19(22)25-23(31)26-20(29)12-11-17-7-4-3-5-8-17/h3-12H,2,13-16H2,1H3,(H2,25,26,29,31)/b12-11+. The zero-order valence-corrected chi connectivity index (χ0v) is 18.9. The van der Waals surface area contributed by atoms with E-state index in [1.165, 1.54) is 6.08 Å². The second kappa shape index (κ2) is 10.9. The lowest BCUT2D eigenvalue weighted by Gasteiger charge is -2.37. The summed E-state index contributed by atoms with van der Waals surface area (Å²) in [4.78, 5) is 28.1. The molecule has 2 aromatic rings. The third-order valence-electron chi connectivity index (χ3n) is 4.95.